The Kier molecular flexibility index (Phi) is 4.59. The second-order valence-corrected chi connectivity index (χ2v) is 5.45. The quantitative estimate of drug-likeness (QED) is 0.779. The summed E-state index contributed by atoms with van der Waals surface area (Å²) < 4.78 is 5.40. The van der Waals surface area contributed by atoms with Gasteiger partial charge in [-0.25, -0.2) is 4.98 Å². The predicted molar refractivity (Wildman–Crippen MR) is 90.4 cm³/mol. The van der Waals surface area contributed by atoms with E-state index in [-0.39, 0.29) is 12.3 Å². The molecule has 1 amide bonds. The van der Waals surface area contributed by atoms with Crippen LogP contribution < -0.4 is 5.32 Å². The van der Waals surface area contributed by atoms with Gasteiger partial charge in [-0.2, -0.15) is 5.26 Å². The third-order valence-electron chi connectivity index (χ3n) is 3.29. The molecule has 0 aliphatic carbocycles. The van der Waals surface area contributed by atoms with Crippen LogP contribution >= 0.6 is 11.6 Å². The Morgan fingerprint density at radius 3 is 2.75 bits per heavy atom. The lowest BCUT2D eigenvalue weighted by Crippen LogP contribution is -2.14. The van der Waals surface area contributed by atoms with Crippen molar-refractivity contribution in [3.63, 3.8) is 0 Å². The van der Waals surface area contributed by atoms with E-state index in [1.54, 1.807) is 12.1 Å². The lowest BCUT2D eigenvalue weighted by Gasteiger charge is -2.05. The number of aromatic nitrogens is 1. The van der Waals surface area contributed by atoms with Crippen molar-refractivity contribution < 1.29 is 9.21 Å². The van der Waals surface area contributed by atoms with Crippen molar-refractivity contribution in [2.24, 2.45) is 0 Å². The third kappa shape index (κ3) is 3.62. The van der Waals surface area contributed by atoms with Crippen LogP contribution in [0.4, 0.5) is 5.69 Å². The van der Waals surface area contributed by atoms with Crippen LogP contribution in [-0.4, -0.2) is 10.9 Å². The number of hydrogen-bond acceptors (Lipinski definition) is 4. The first-order chi connectivity index (χ1) is 11.7. The highest BCUT2D eigenvalue weighted by atomic mass is 35.5. The minimum atomic E-state index is -0.247. The van der Waals surface area contributed by atoms with Crippen LogP contribution in [0.3, 0.4) is 0 Å². The Morgan fingerprint density at radius 2 is 2.04 bits per heavy atom. The summed E-state index contributed by atoms with van der Waals surface area (Å²) in [5.74, 6) is 0.225. The maximum Gasteiger partial charge on any atom is 0.230 e. The second kappa shape index (κ2) is 6.99. The van der Waals surface area contributed by atoms with Crippen LogP contribution in [0.1, 0.15) is 11.3 Å². The normalized spacial score (nSPS) is 10.2. The van der Waals surface area contributed by atoms with E-state index in [0.717, 1.165) is 5.56 Å². The predicted octanol–water partition coefficient (Wildman–Crippen LogP) is 4.05. The number of oxazole rings is 1. The van der Waals surface area contributed by atoms with Crippen LogP contribution in [-0.2, 0) is 11.2 Å². The molecule has 0 unspecified atom stereocenters. The fourth-order valence-electron chi connectivity index (χ4n) is 2.15. The van der Waals surface area contributed by atoms with E-state index in [1.807, 2.05) is 36.4 Å². The van der Waals surface area contributed by atoms with Crippen molar-refractivity contribution in [3.8, 4) is 17.5 Å². The molecular weight excluding hydrogens is 326 g/mol. The van der Waals surface area contributed by atoms with Gasteiger partial charge in [0.05, 0.1) is 22.7 Å². The first kappa shape index (κ1) is 15.8. The average molecular weight is 338 g/mol. The van der Waals surface area contributed by atoms with Gasteiger partial charge < -0.3 is 9.73 Å². The zero-order chi connectivity index (χ0) is 16.9. The van der Waals surface area contributed by atoms with Gasteiger partial charge in [-0.3, -0.25) is 4.79 Å². The van der Waals surface area contributed by atoms with Gasteiger partial charge in [0.25, 0.3) is 0 Å². The van der Waals surface area contributed by atoms with Crippen molar-refractivity contribution in [2.45, 2.75) is 6.42 Å². The molecule has 2 aromatic carbocycles. The maximum absolute atomic E-state index is 12.1. The molecule has 118 valence electrons. The topological polar surface area (TPSA) is 78.9 Å². The van der Waals surface area contributed by atoms with Crippen molar-refractivity contribution in [1.82, 2.24) is 4.98 Å². The first-order valence-corrected chi connectivity index (χ1v) is 7.53. The van der Waals surface area contributed by atoms with E-state index in [0.29, 0.717) is 27.9 Å². The summed E-state index contributed by atoms with van der Waals surface area (Å²) in [6.45, 7) is 0. The molecule has 3 rings (SSSR count). The minimum Gasteiger partial charge on any atom is -0.444 e. The zero-order valence-electron chi connectivity index (χ0n) is 12.5. The maximum atomic E-state index is 12.1. The van der Waals surface area contributed by atoms with Gasteiger partial charge in [0.1, 0.15) is 12.3 Å². The lowest BCUT2D eigenvalue weighted by atomic mass is 10.2. The van der Waals surface area contributed by atoms with Crippen LogP contribution in [0, 0.1) is 11.3 Å². The number of carbonyl (C=O) groups is 1. The first-order valence-electron chi connectivity index (χ1n) is 7.15. The number of rotatable bonds is 4. The lowest BCUT2D eigenvalue weighted by molar-refractivity contribution is -0.115. The summed E-state index contributed by atoms with van der Waals surface area (Å²) in [7, 11) is 0. The molecule has 0 saturated carbocycles. The second-order valence-electron chi connectivity index (χ2n) is 5.04. The number of carbonyl (C=O) groups excluding carboxylic acids is 1. The van der Waals surface area contributed by atoms with Crippen LogP contribution in [0.15, 0.2) is 59.2 Å². The summed E-state index contributed by atoms with van der Waals surface area (Å²) in [6, 6.07) is 16.1. The minimum absolute atomic E-state index is 0.0773. The van der Waals surface area contributed by atoms with E-state index >= 15 is 0 Å². The number of nitriles is 1. The Bertz CT molecular complexity index is 914. The number of nitrogens with zero attached hydrogens (tertiary/aromatic N) is 2. The fourth-order valence-corrected chi connectivity index (χ4v) is 2.38. The van der Waals surface area contributed by atoms with E-state index < -0.39 is 0 Å². The molecule has 5 nitrogen and oxygen atoms in total. The molecule has 3 aromatic rings. The van der Waals surface area contributed by atoms with E-state index in [4.69, 9.17) is 21.3 Å². The van der Waals surface area contributed by atoms with Crippen molar-refractivity contribution in [2.75, 3.05) is 5.32 Å². The van der Waals surface area contributed by atoms with Crippen LogP contribution in [0.2, 0.25) is 5.02 Å². The zero-order valence-corrected chi connectivity index (χ0v) is 13.2. The molecule has 24 heavy (non-hydrogen) atoms. The molecule has 0 fully saturated rings. The molecule has 0 atom stereocenters. The van der Waals surface area contributed by atoms with Crippen molar-refractivity contribution in [1.29, 1.82) is 5.26 Å². The average Bonchev–Trinajstić information content (AvgIpc) is 3.04. The summed E-state index contributed by atoms with van der Waals surface area (Å²) in [5, 5.41) is 11.9. The monoisotopic (exact) mass is 337 g/mol. The number of amides is 1. The largest absolute Gasteiger partial charge is 0.444 e. The van der Waals surface area contributed by atoms with E-state index in [9.17, 15) is 4.79 Å². The number of halogens is 1. The van der Waals surface area contributed by atoms with Crippen LogP contribution in [0.25, 0.3) is 11.5 Å². The van der Waals surface area contributed by atoms with Crippen molar-refractivity contribution >= 4 is 23.2 Å². The molecule has 0 aliphatic heterocycles. The highest BCUT2D eigenvalue weighted by Gasteiger charge is 2.11. The highest BCUT2D eigenvalue weighted by molar-refractivity contribution is 6.32. The standard InChI is InChI=1S/C18H12ClN3O2/c19-16-8-14(7-6-13(16)10-20)21-17(23)9-15-11-24-18(22-15)12-4-2-1-3-5-12/h1-8,11H,9H2,(H,21,23). The molecule has 0 radical (unpaired) electrons. The Balaban J connectivity index is 1.66. The third-order valence-corrected chi connectivity index (χ3v) is 3.60. The number of anilines is 1. The Labute approximate surface area is 143 Å². The molecular formula is C18H12ClN3O2. The molecule has 1 N–H and O–H groups in total. The number of nitrogens with one attached hydrogen (secondary N) is 1. The Morgan fingerprint density at radius 1 is 1.25 bits per heavy atom. The number of hydrogen-bond donors (Lipinski definition) is 1. The highest BCUT2D eigenvalue weighted by Crippen LogP contribution is 2.21. The molecule has 6 heteroatoms. The summed E-state index contributed by atoms with van der Waals surface area (Å²) in [6.07, 6.45) is 1.54. The molecule has 1 heterocycles. The molecule has 0 saturated heterocycles. The molecule has 1 aromatic heterocycles. The van der Waals surface area contributed by atoms with Gasteiger partial charge in [0.15, 0.2) is 0 Å². The summed E-state index contributed by atoms with van der Waals surface area (Å²) in [4.78, 5) is 16.4. The fraction of sp³-hybridized carbons (Fsp3) is 0.0556. The van der Waals surface area contributed by atoms with Crippen LogP contribution in [0.5, 0.6) is 0 Å². The molecule has 0 aliphatic rings. The summed E-state index contributed by atoms with van der Waals surface area (Å²) in [5.41, 5.74) is 2.27. The molecule has 0 bridgehead atoms. The Hall–Kier alpha value is -3.10. The smallest absolute Gasteiger partial charge is 0.230 e. The molecule has 0 spiro atoms. The number of benzene rings is 2. The summed E-state index contributed by atoms with van der Waals surface area (Å²) >= 11 is 5.94. The SMILES string of the molecule is N#Cc1ccc(NC(=O)Cc2coc(-c3ccccc3)n2)cc1Cl. The van der Waals surface area contributed by atoms with Gasteiger partial charge >= 0.3 is 0 Å². The van der Waals surface area contributed by atoms with Gasteiger partial charge in [-0.05, 0) is 30.3 Å². The van der Waals surface area contributed by atoms with E-state index in [2.05, 4.69) is 10.3 Å². The van der Waals surface area contributed by atoms with Gasteiger partial charge in [-0.1, -0.05) is 29.8 Å². The van der Waals surface area contributed by atoms with E-state index in [1.165, 1.54) is 12.3 Å². The van der Waals surface area contributed by atoms with Gasteiger partial charge in [-0.15, -0.1) is 0 Å². The van der Waals surface area contributed by atoms with Crippen molar-refractivity contribution in [3.05, 3.63) is 71.1 Å². The van der Waals surface area contributed by atoms with Gasteiger partial charge in [0, 0.05) is 11.3 Å². The van der Waals surface area contributed by atoms with Gasteiger partial charge in [0.2, 0.25) is 11.8 Å².